The molecule has 0 unspecified atom stereocenters. The Kier molecular flexibility index (Phi) is 3.08. The van der Waals surface area contributed by atoms with Crippen molar-refractivity contribution in [1.82, 2.24) is 9.55 Å². The maximum atomic E-state index is 11.8. The second-order valence-corrected chi connectivity index (χ2v) is 5.40. The predicted molar refractivity (Wildman–Crippen MR) is 90.1 cm³/mol. The molecule has 4 aromatic rings. The number of amides is 1. The van der Waals surface area contributed by atoms with E-state index in [1.54, 1.807) is 12.3 Å². The van der Waals surface area contributed by atoms with E-state index >= 15 is 0 Å². The molecule has 0 bridgehead atoms. The Morgan fingerprint density at radius 2 is 1.96 bits per heavy atom. The number of hydrogen-bond donors (Lipinski definition) is 1. The fraction of sp³-hybridized carbons (Fsp3) is 0.0526. The van der Waals surface area contributed by atoms with Gasteiger partial charge in [0.15, 0.2) is 0 Å². The summed E-state index contributed by atoms with van der Waals surface area (Å²) in [4.78, 5) is 16.2. The molecule has 0 aliphatic carbocycles. The average Bonchev–Trinajstić information content (AvgIpc) is 2.90. The SMILES string of the molecule is NC(=O)c1cccc2c1c1[c]cccc1n2Cc1ccccn1. The largest absolute Gasteiger partial charge is 0.366 e. The molecule has 0 aliphatic heterocycles. The number of primary amides is 1. The van der Waals surface area contributed by atoms with Crippen molar-refractivity contribution in [2.45, 2.75) is 6.54 Å². The van der Waals surface area contributed by atoms with Gasteiger partial charge in [-0.2, -0.15) is 0 Å². The van der Waals surface area contributed by atoms with Crippen LogP contribution in [0.2, 0.25) is 0 Å². The molecule has 23 heavy (non-hydrogen) atoms. The Hall–Kier alpha value is -3.14. The highest BCUT2D eigenvalue weighted by Gasteiger charge is 2.16. The second-order valence-electron chi connectivity index (χ2n) is 5.40. The van der Waals surface area contributed by atoms with Crippen molar-refractivity contribution in [3.8, 4) is 0 Å². The minimum Gasteiger partial charge on any atom is -0.366 e. The van der Waals surface area contributed by atoms with Gasteiger partial charge in [-0.05, 0) is 36.4 Å². The monoisotopic (exact) mass is 300 g/mol. The van der Waals surface area contributed by atoms with Gasteiger partial charge >= 0.3 is 0 Å². The van der Waals surface area contributed by atoms with Crippen LogP contribution >= 0.6 is 0 Å². The van der Waals surface area contributed by atoms with Crippen LogP contribution in [0.1, 0.15) is 16.1 Å². The highest BCUT2D eigenvalue weighted by atomic mass is 16.1. The van der Waals surface area contributed by atoms with Gasteiger partial charge in [0.2, 0.25) is 5.91 Å². The van der Waals surface area contributed by atoms with Crippen molar-refractivity contribution in [3.05, 3.63) is 78.1 Å². The summed E-state index contributed by atoms with van der Waals surface area (Å²) in [6, 6.07) is 20.5. The number of aromatic nitrogens is 2. The van der Waals surface area contributed by atoms with Crippen LogP contribution in [0.4, 0.5) is 0 Å². The summed E-state index contributed by atoms with van der Waals surface area (Å²) in [6.07, 6.45) is 1.78. The third kappa shape index (κ3) is 2.16. The number of fused-ring (bicyclic) bond motifs is 3. The maximum Gasteiger partial charge on any atom is 0.249 e. The van der Waals surface area contributed by atoms with Gasteiger partial charge in [-0.1, -0.05) is 24.3 Å². The van der Waals surface area contributed by atoms with Crippen LogP contribution in [-0.2, 0) is 6.54 Å². The number of carbonyl (C=O) groups excluding carboxylic acids is 1. The highest BCUT2D eigenvalue weighted by molar-refractivity contribution is 6.17. The molecule has 111 valence electrons. The summed E-state index contributed by atoms with van der Waals surface area (Å²) in [5.41, 5.74) is 9.02. The zero-order valence-electron chi connectivity index (χ0n) is 12.4. The molecule has 4 rings (SSSR count). The lowest BCUT2D eigenvalue weighted by molar-refractivity contribution is 0.100. The zero-order chi connectivity index (χ0) is 15.8. The molecule has 0 saturated carbocycles. The number of nitrogens with zero attached hydrogens (tertiary/aromatic N) is 2. The Bertz CT molecular complexity index is 1020. The Morgan fingerprint density at radius 3 is 2.74 bits per heavy atom. The zero-order valence-corrected chi connectivity index (χ0v) is 12.4. The van der Waals surface area contributed by atoms with E-state index in [1.165, 1.54) is 0 Å². The van der Waals surface area contributed by atoms with Gasteiger partial charge in [0.25, 0.3) is 0 Å². The van der Waals surface area contributed by atoms with Crippen LogP contribution in [0.25, 0.3) is 21.8 Å². The van der Waals surface area contributed by atoms with E-state index in [0.29, 0.717) is 12.1 Å². The fourth-order valence-electron chi connectivity index (χ4n) is 3.04. The molecule has 0 aliphatic rings. The van der Waals surface area contributed by atoms with Crippen LogP contribution < -0.4 is 5.73 Å². The lowest BCUT2D eigenvalue weighted by atomic mass is 10.1. The van der Waals surface area contributed by atoms with Gasteiger partial charge in [-0.3, -0.25) is 9.78 Å². The normalized spacial score (nSPS) is 11.1. The van der Waals surface area contributed by atoms with Crippen LogP contribution in [0.15, 0.2) is 60.8 Å². The molecule has 4 heteroatoms. The predicted octanol–water partition coefficient (Wildman–Crippen LogP) is 3.14. The van der Waals surface area contributed by atoms with E-state index in [9.17, 15) is 4.79 Å². The first-order valence-corrected chi connectivity index (χ1v) is 7.37. The van der Waals surface area contributed by atoms with Crippen molar-refractivity contribution in [2.75, 3.05) is 0 Å². The molecule has 0 atom stereocenters. The molecule has 0 spiro atoms. The third-order valence-electron chi connectivity index (χ3n) is 4.02. The highest BCUT2D eigenvalue weighted by Crippen LogP contribution is 2.31. The lowest BCUT2D eigenvalue weighted by Gasteiger charge is -2.07. The molecule has 2 aromatic carbocycles. The lowest BCUT2D eigenvalue weighted by Crippen LogP contribution is -2.11. The molecule has 0 fully saturated rings. The summed E-state index contributed by atoms with van der Waals surface area (Å²) in [7, 11) is 0. The summed E-state index contributed by atoms with van der Waals surface area (Å²) >= 11 is 0. The van der Waals surface area contributed by atoms with E-state index in [-0.39, 0.29) is 0 Å². The average molecular weight is 300 g/mol. The van der Waals surface area contributed by atoms with Crippen molar-refractivity contribution in [1.29, 1.82) is 0 Å². The van der Waals surface area contributed by atoms with Gasteiger partial charge in [0, 0.05) is 22.5 Å². The maximum absolute atomic E-state index is 11.8. The second kappa shape index (κ2) is 5.25. The minimum atomic E-state index is -0.426. The molecular formula is C19H14N3O. The summed E-state index contributed by atoms with van der Waals surface area (Å²) in [6.45, 7) is 0.626. The molecule has 2 heterocycles. The molecule has 0 saturated heterocycles. The molecule has 2 N–H and O–H groups in total. The van der Waals surface area contributed by atoms with Gasteiger partial charge in [-0.25, -0.2) is 0 Å². The quantitative estimate of drug-likeness (QED) is 0.632. The summed E-state index contributed by atoms with van der Waals surface area (Å²) in [5, 5.41) is 1.76. The van der Waals surface area contributed by atoms with E-state index in [1.807, 2.05) is 48.5 Å². The number of nitrogens with two attached hydrogens (primary N) is 1. The number of hydrogen-bond acceptors (Lipinski definition) is 2. The smallest absolute Gasteiger partial charge is 0.249 e. The molecule has 1 amide bonds. The van der Waals surface area contributed by atoms with Crippen molar-refractivity contribution in [3.63, 3.8) is 0 Å². The van der Waals surface area contributed by atoms with Crippen LogP contribution in [-0.4, -0.2) is 15.5 Å². The van der Waals surface area contributed by atoms with Gasteiger partial charge in [0.05, 0.1) is 23.3 Å². The third-order valence-corrected chi connectivity index (χ3v) is 4.02. The summed E-state index contributed by atoms with van der Waals surface area (Å²) in [5.74, 6) is -0.426. The summed E-state index contributed by atoms with van der Waals surface area (Å²) < 4.78 is 2.15. The van der Waals surface area contributed by atoms with E-state index in [2.05, 4.69) is 15.6 Å². The number of carbonyl (C=O) groups is 1. The van der Waals surface area contributed by atoms with Crippen LogP contribution in [0.5, 0.6) is 0 Å². The Labute approximate surface area is 133 Å². The van der Waals surface area contributed by atoms with Crippen LogP contribution in [0.3, 0.4) is 0 Å². The van der Waals surface area contributed by atoms with Gasteiger partial charge in [0.1, 0.15) is 0 Å². The van der Waals surface area contributed by atoms with E-state index in [4.69, 9.17) is 5.73 Å². The number of rotatable bonds is 3. The van der Waals surface area contributed by atoms with Gasteiger partial charge < -0.3 is 10.3 Å². The van der Waals surface area contributed by atoms with E-state index in [0.717, 1.165) is 27.5 Å². The van der Waals surface area contributed by atoms with Crippen molar-refractivity contribution < 1.29 is 4.79 Å². The Balaban J connectivity index is 2.06. The first-order valence-electron chi connectivity index (χ1n) is 7.37. The molecular weight excluding hydrogens is 286 g/mol. The molecule has 4 nitrogen and oxygen atoms in total. The Morgan fingerprint density at radius 1 is 1.09 bits per heavy atom. The number of benzene rings is 2. The van der Waals surface area contributed by atoms with Gasteiger partial charge in [-0.15, -0.1) is 0 Å². The van der Waals surface area contributed by atoms with E-state index < -0.39 is 5.91 Å². The molecule has 2 aromatic heterocycles. The topological polar surface area (TPSA) is 60.9 Å². The first-order chi connectivity index (χ1) is 11.3. The van der Waals surface area contributed by atoms with Crippen molar-refractivity contribution in [2.24, 2.45) is 5.73 Å². The fourth-order valence-corrected chi connectivity index (χ4v) is 3.04. The first kappa shape index (κ1) is 13.5. The van der Waals surface area contributed by atoms with Crippen LogP contribution in [0, 0.1) is 6.07 Å². The standard InChI is InChI=1S/C19H14N3O/c20-19(23)15-8-5-10-17-18(15)14-7-1-2-9-16(14)22(17)12-13-6-3-4-11-21-13/h1-6,8-11H,12H2,(H2,20,23). The number of pyridine rings is 1. The molecule has 1 radical (unpaired) electrons. The van der Waals surface area contributed by atoms with Crippen molar-refractivity contribution >= 4 is 27.7 Å². The minimum absolute atomic E-state index is 0.426.